The third-order valence-corrected chi connectivity index (χ3v) is 5.27. The number of aryl methyl sites for hydroxylation is 1. The number of nitrogens with one attached hydrogen (secondary N) is 1. The number of para-hydroxylation sites is 2. The molecule has 2 heterocycles. The standard InChI is InChI=1S/C21H23FN4O/c1-25-19-8-3-2-7-18(19)24-21(25)26-11-9-16(10-12-26)20(27)23-14-15-5-4-6-17(22)13-15/h2-8,13,16H,9-12,14H2,1H3,(H,23,27). The van der Waals surface area contributed by atoms with Crippen LogP contribution in [0.3, 0.4) is 0 Å². The first-order chi connectivity index (χ1) is 13.1. The van der Waals surface area contributed by atoms with Crippen LogP contribution in [0.25, 0.3) is 11.0 Å². The van der Waals surface area contributed by atoms with Crippen molar-refractivity contribution < 1.29 is 9.18 Å². The van der Waals surface area contributed by atoms with E-state index in [-0.39, 0.29) is 17.6 Å². The highest BCUT2D eigenvalue weighted by Gasteiger charge is 2.27. The number of fused-ring (bicyclic) bond motifs is 1. The summed E-state index contributed by atoms with van der Waals surface area (Å²) in [6.07, 6.45) is 1.58. The van der Waals surface area contributed by atoms with Crippen molar-refractivity contribution in [1.29, 1.82) is 0 Å². The number of carbonyl (C=O) groups excluding carboxylic acids is 1. The quantitative estimate of drug-likeness (QED) is 0.771. The van der Waals surface area contributed by atoms with Crippen molar-refractivity contribution in [2.75, 3.05) is 18.0 Å². The largest absolute Gasteiger partial charge is 0.352 e. The van der Waals surface area contributed by atoms with Crippen molar-refractivity contribution in [3.63, 3.8) is 0 Å². The molecule has 1 amide bonds. The number of anilines is 1. The molecule has 1 aromatic heterocycles. The molecule has 0 aliphatic carbocycles. The molecule has 0 spiro atoms. The minimum atomic E-state index is -0.280. The average Bonchev–Trinajstić information content (AvgIpc) is 3.03. The monoisotopic (exact) mass is 366 g/mol. The molecule has 1 N–H and O–H groups in total. The summed E-state index contributed by atoms with van der Waals surface area (Å²) in [7, 11) is 2.03. The number of halogens is 1. The average molecular weight is 366 g/mol. The van der Waals surface area contributed by atoms with Crippen LogP contribution in [0.5, 0.6) is 0 Å². The van der Waals surface area contributed by atoms with E-state index < -0.39 is 0 Å². The molecule has 1 aliphatic rings. The van der Waals surface area contributed by atoms with E-state index in [0.29, 0.717) is 6.54 Å². The van der Waals surface area contributed by atoms with Gasteiger partial charge in [0, 0.05) is 32.6 Å². The Morgan fingerprint density at radius 3 is 2.70 bits per heavy atom. The van der Waals surface area contributed by atoms with Crippen LogP contribution in [0.1, 0.15) is 18.4 Å². The highest BCUT2D eigenvalue weighted by Crippen LogP contribution is 2.26. The topological polar surface area (TPSA) is 50.2 Å². The first-order valence-electron chi connectivity index (χ1n) is 9.30. The van der Waals surface area contributed by atoms with E-state index in [1.807, 2.05) is 31.3 Å². The molecular weight excluding hydrogens is 343 g/mol. The Morgan fingerprint density at radius 1 is 1.19 bits per heavy atom. The third kappa shape index (κ3) is 3.65. The van der Waals surface area contributed by atoms with Crippen molar-refractivity contribution in [2.45, 2.75) is 19.4 Å². The fourth-order valence-electron chi connectivity index (χ4n) is 3.74. The first kappa shape index (κ1) is 17.5. The Bertz CT molecular complexity index is 960. The number of carbonyl (C=O) groups is 1. The Kier molecular flexibility index (Phi) is 4.79. The van der Waals surface area contributed by atoms with Crippen molar-refractivity contribution in [3.05, 3.63) is 59.9 Å². The van der Waals surface area contributed by atoms with Gasteiger partial charge >= 0.3 is 0 Å². The molecule has 3 aromatic rings. The van der Waals surface area contributed by atoms with Gasteiger partial charge in [0.2, 0.25) is 11.9 Å². The second-order valence-corrected chi connectivity index (χ2v) is 7.07. The molecule has 1 aliphatic heterocycles. The number of benzene rings is 2. The van der Waals surface area contributed by atoms with Gasteiger partial charge in [-0.1, -0.05) is 24.3 Å². The van der Waals surface area contributed by atoms with Gasteiger partial charge < -0.3 is 14.8 Å². The molecule has 4 rings (SSSR count). The van der Waals surface area contributed by atoms with Gasteiger partial charge in [0.15, 0.2) is 0 Å². The van der Waals surface area contributed by atoms with Gasteiger partial charge in [0.25, 0.3) is 0 Å². The van der Waals surface area contributed by atoms with Crippen molar-refractivity contribution in [3.8, 4) is 0 Å². The molecule has 0 radical (unpaired) electrons. The summed E-state index contributed by atoms with van der Waals surface area (Å²) in [4.78, 5) is 19.5. The van der Waals surface area contributed by atoms with E-state index >= 15 is 0 Å². The minimum Gasteiger partial charge on any atom is -0.352 e. The maximum Gasteiger partial charge on any atom is 0.223 e. The Balaban J connectivity index is 1.35. The van der Waals surface area contributed by atoms with Crippen molar-refractivity contribution in [1.82, 2.24) is 14.9 Å². The van der Waals surface area contributed by atoms with E-state index in [4.69, 9.17) is 4.98 Å². The Labute approximate surface area is 157 Å². The number of nitrogens with zero attached hydrogens (tertiary/aromatic N) is 3. The summed E-state index contributed by atoms with van der Waals surface area (Å²) in [5.41, 5.74) is 2.88. The van der Waals surface area contributed by atoms with Gasteiger partial charge in [-0.25, -0.2) is 9.37 Å². The maximum absolute atomic E-state index is 13.2. The minimum absolute atomic E-state index is 0.00973. The Hall–Kier alpha value is -2.89. The Morgan fingerprint density at radius 2 is 1.96 bits per heavy atom. The summed E-state index contributed by atoms with van der Waals surface area (Å²) in [6, 6.07) is 14.4. The molecule has 140 valence electrons. The number of amides is 1. The van der Waals surface area contributed by atoms with Crippen LogP contribution in [-0.2, 0) is 18.4 Å². The summed E-state index contributed by atoms with van der Waals surface area (Å²) in [6.45, 7) is 1.96. The summed E-state index contributed by atoms with van der Waals surface area (Å²) >= 11 is 0. The second-order valence-electron chi connectivity index (χ2n) is 7.07. The van der Waals surface area contributed by atoms with Crippen LogP contribution < -0.4 is 10.2 Å². The second kappa shape index (κ2) is 7.39. The zero-order chi connectivity index (χ0) is 18.8. The van der Waals surface area contributed by atoms with Crippen LogP contribution in [0, 0.1) is 11.7 Å². The first-order valence-corrected chi connectivity index (χ1v) is 9.30. The SMILES string of the molecule is Cn1c(N2CCC(C(=O)NCc3cccc(F)c3)CC2)nc2ccccc21. The zero-order valence-corrected chi connectivity index (χ0v) is 15.4. The van der Waals surface area contributed by atoms with Crippen LogP contribution in [0.4, 0.5) is 10.3 Å². The number of piperidine rings is 1. The normalized spacial score (nSPS) is 15.3. The van der Waals surface area contributed by atoms with Gasteiger partial charge in [-0.2, -0.15) is 0 Å². The lowest BCUT2D eigenvalue weighted by Crippen LogP contribution is -2.41. The van der Waals surface area contributed by atoms with Crippen molar-refractivity contribution >= 4 is 22.9 Å². The number of rotatable bonds is 4. The molecular formula is C21H23FN4O. The van der Waals surface area contributed by atoms with Crippen LogP contribution >= 0.6 is 0 Å². The fraction of sp³-hybridized carbons (Fsp3) is 0.333. The summed E-state index contributed by atoms with van der Waals surface area (Å²) in [5.74, 6) is 0.709. The highest BCUT2D eigenvalue weighted by molar-refractivity contribution is 5.80. The van der Waals surface area contributed by atoms with Crippen LogP contribution in [0.2, 0.25) is 0 Å². The predicted octanol–water partition coefficient (Wildman–Crippen LogP) is 3.25. The molecule has 2 aromatic carbocycles. The number of imidazole rings is 1. The van der Waals surface area contributed by atoms with Gasteiger partial charge in [-0.3, -0.25) is 4.79 Å². The molecule has 0 bridgehead atoms. The molecule has 0 saturated carbocycles. The van der Waals surface area contributed by atoms with E-state index in [9.17, 15) is 9.18 Å². The van der Waals surface area contributed by atoms with E-state index in [1.54, 1.807) is 6.07 Å². The maximum atomic E-state index is 13.2. The number of hydrogen-bond donors (Lipinski definition) is 1. The van der Waals surface area contributed by atoms with E-state index in [2.05, 4.69) is 20.9 Å². The molecule has 5 nitrogen and oxygen atoms in total. The predicted molar refractivity (Wildman–Crippen MR) is 104 cm³/mol. The summed E-state index contributed by atoms with van der Waals surface area (Å²) in [5, 5.41) is 2.94. The molecule has 27 heavy (non-hydrogen) atoms. The number of hydrogen-bond acceptors (Lipinski definition) is 3. The fourth-order valence-corrected chi connectivity index (χ4v) is 3.74. The van der Waals surface area contributed by atoms with Crippen molar-refractivity contribution in [2.24, 2.45) is 13.0 Å². The molecule has 1 fully saturated rings. The third-order valence-electron chi connectivity index (χ3n) is 5.27. The van der Waals surface area contributed by atoms with Gasteiger partial charge in [-0.15, -0.1) is 0 Å². The number of aromatic nitrogens is 2. The molecule has 0 unspecified atom stereocenters. The molecule has 6 heteroatoms. The lowest BCUT2D eigenvalue weighted by molar-refractivity contribution is -0.125. The van der Waals surface area contributed by atoms with Crippen LogP contribution in [0.15, 0.2) is 48.5 Å². The van der Waals surface area contributed by atoms with Crippen LogP contribution in [-0.4, -0.2) is 28.5 Å². The molecule has 0 atom stereocenters. The smallest absolute Gasteiger partial charge is 0.223 e. The highest BCUT2D eigenvalue weighted by atomic mass is 19.1. The van der Waals surface area contributed by atoms with E-state index in [1.165, 1.54) is 12.1 Å². The lowest BCUT2D eigenvalue weighted by atomic mass is 9.96. The lowest BCUT2D eigenvalue weighted by Gasteiger charge is -2.32. The van der Waals surface area contributed by atoms with Gasteiger partial charge in [0.05, 0.1) is 11.0 Å². The van der Waals surface area contributed by atoms with E-state index in [0.717, 1.165) is 48.5 Å². The van der Waals surface area contributed by atoms with Gasteiger partial charge in [-0.05, 0) is 42.7 Å². The van der Waals surface area contributed by atoms with Gasteiger partial charge in [0.1, 0.15) is 5.82 Å². The molecule has 1 saturated heterocycles. The summed E-state index contributed by atoms with van der Waals surface area (Å²) < 4.78 is 15.3. The zero-order valence-electron chi connectivity index (χ0n) is 15.4.